The fourth-order valence-corrected chi connectivity index (χ4v) is 2.60. The van der Waals surface area contributed by atoms with Gasteiger partial charge in [0.15, 0.2) is 0 Å². The van der Waals surface area contributed by atoms with Gasteiger partial charge in [-0.05, 0) is 46.8 Å². The number of amides is 1. The van der Waals surface area contributed by atoms with E-state index in [1.54, 1.807) is 6.92 Å². The second-order valence-electron chi connectivity index (χ2n) is 6.10. The number of carbonyl (C=O) groups is 2. The van der Waals surface area contributed by atoms with Crippen molar-refractivity contribution in [2.24, 2.45) is 0 Å². The summed E-state index contributed by atoms with van der Waals surface area (Å²) >= 11 is 0. The van der Waals surface area contributed by atoms with Crippen molar-refractivity contribution in [3.05, 3.63) is 0 Å². The Bertz CT molecular complexity index is 308. The lowest BCUT2D eigenvalue weighted by atomic mass is 10.0. The summed E-state index contributed by atoms with van der Waals surface area (Å²) in [5.74, 6) is 0.188. The first kappa shape index (κ1) is 21.1. The van der Waals surface area contributed by atoms with E-state index in [2.05, 4.69) is 22.9 Å². The van der Waals surface area contributed by atoms with Crippen molar-refractivity contribution in [3.8, 4) is 0 Å². The van der Waals surface area contributed by atoms with E-state index >= 15 is 0 Å². The van der Waals surface area contributed by atoms with Crippen LogP contribution >= 0.6 is 0 Å². The van der Waals surface area contributed by atoms with Crippen molar-refractivity contribution < 1.29 is 9.59 Å². The highest BCUT2D eigenvalue weighted by Gasteiger charge is 2.17. The highest BCUT2D eigenvalue weighted by atomic mass is 16.2. The molecule has 0 aliphatic carbocycles. The molecule has 0 fully saturated rings. The quantitative estimate of drug-likeness (QED) is 0.429. The molecule has 0 saturated carbocycles. The Morgan fingerprint density at radius 1 is 0.955 bits per heavy atom. The molecule has 0 aliphatic rings. The van der Waals surface area contributed by atoms with Crippen LogP contribution in [-0.4, -0.2) is 44.4 Å². The number of nitrogens with one attached hydrogen (secondary N) is 3. The van der Waals surface area contributed by atoms with Gasteiger partial charge in [-0.1, -0.05) is 26.2 Å². The number of Topliss-reactive ketones (excluding diaryl/α,β-unsaturated/α-hetero) is 1. The summed E-state index contributed by atoms with van der Waals surface area (Å²) < 4.78 is 0. The Hall–Kier alpha value is -0.940. The smallest absolute Gasteiger partial charge is 0.221 e. The minimum Gasteiger partial charge on any atom is -0.353 e. The van der Waals surface area contributed by atoms with E-state index in [-0.39, 0.29) is 23.8 Å². The fourth-order valence-electron chi connectivity index (χ4n) is 2.60. The molecular weight excluding hydrogens is 278 g/mol. The van der Waals surface area contributed by atoms with Crippen molar-refractivity contribution in [2.75, 3.05) is 20.6 Å². The Kier molecular flexibility index (Phi) is 13.1. The molecule has 0 aromatic carbocycles. The third-order valence-electron chi connectivity index (χ3n) is 3.87. The van der Waals surface area contributed by atoms with Crippen LogP contribution in [0.3, 0.4) is 0 Å². The van der Waals surface area contributed by atoms with Gasteiger partial charge in [0.05, 0.1) is 0 Å². The Morgan fingerprint density at radius 2 is 1.64 bits per heavy atom. The van der Waals surface area contributed by atoms with Crippen molar-refractivity contribution in [1.82, 2.24) is 16.0 Å². The van der Waals surface area contributed by atoms with Crippen LogP contribution in [0.25, 0.3) is 0 Å². The average Bonchev–Trinajstić information content (AvgIpc) is 2.45. The molecule has 0 saturated heterocycles. The van der Waals surface area contributed by atoms with Gasteiger partial charge >= 0.3 is 0 Å². The molecule has 0 aliphatic heterocycles. The zero-order chi connectivity index (χ0) is 16.8. The molecule has 130 valence electrons. The molecule has 1 amide bonds. The highest BCUT2D eigenvalue weighted by Crippen LogP contribution is 2.09. The van der Waals surface area contributed by atoms with Crippen LogP contribution < -0.4 is 16.0 Å². The van der Waals surface area contributed by atoms with Gasteiger partial charge in [0.25, 0.3) is 0 Å². The van der Waals surface area contributed by atoms with Gasteiger partial charge in [-0.15, -0.1) is 0 Å². The van der Waals surface area contributed by atoms with Crippen molar-refractivity contribution in [1.29, 1.82) is 0 Å². The number of carbonyl (C=O) groups excluding carboxylic acids is 2. The predicted octanol–water partition coefficient (Wildman–Crippen LogP) is 2.01. The van der Waals surface area contributed by atoms with E-state index in [1.165, 1.54) is 0 Å². The van der Waals surface area contributed by atoms with E-state index < -0.39 is 0 Å². The standard InChI is InChI=1S/C17H35N3O2/c1-5-6-7-9-16(12-14(2)21)20-17(22)13-15(19-4)10-8-11-18-3/h15-16,18-19H,5-13H2,1-4H3,(H,20,22). The Labute approximate surface area is 136 Å². The molecule has 5 heteroatoms. The maximum atomic E-state index is 12.2. The molecule has 0 rings (SSSR count). The summed E-state index contributed by atoms with van der Waals surface area (Å²) in [6.07, 6.45) is 7.18. The topological polar surface area (TPSA) is 70.2 Å². The monoisotopic (exact) mass is 313 g/mol. The Balaban J connectivity index is 4.24. The molecule has 2 atom stereocenters. The first-order valence-corrected chi connectivity index (χ1v) is 8.64. The number of ketones is 1. The van der Waals surface area contributed by atoms with Crippen molar-refractivity contribution in [3.63, 3.8) is 0 Å². The lowest BCUT2D eigenvalue weighted by Gasteiger charge is -2.20. The molecule has 3 N–H and O–H groups in total. The molecular formula is C17H35N3O2. The van der Waals surface area contributed by atoms with E-state index in [0.717, 1.165) is 45.1 Å². The third-order valence-corrected chi connectivity index (χ3v) is 3.87. The minimum atomic E-state index is -0.00800. The van der Waals surface area contributed by atoms with Gasteiger partial charge in [-0.2, -0.15) is 0 Å². The molecule has 0 radical (unpaired) electrons. The van der Waals surface area contributed by atoms with E-state index in [4.69, 9.17) is 0 Å². The van der Waals surface area contributed by atoms with Crippen LogP contribution in [0.2, 0.25) is 0 Å². The van der Waals surface area contributed by atoms with E-state index in [9.17, 15) is 9.59 Å². The third kappa shape index (κ3) is 11.7. The van der Waals surface area contributed by atoms with Gasteiger partial charge < -0.3 is 16.0 Å². The normalized spacial score (nSPS) is 13.6. The van der Waals surface area contributed by atoms with Crippen LogP contribution in [0, 0.1) is 0 Å². The predicted molar refractivity (Wildman–Crippen MR) is 92.0 cm³/mol. The average molecular weight is 313 g/mol. The lowest BCUT2D eigenvalue weighted by Crippen LogP contribution is -2.40. The molecule has 0 heterocycles. The summed E-state index contributed by atoms with van der Waals surface area (Å²) in [5, 5.41) is 9.37. The van der Waals surface area contributed by atoms with Gasteiger partial charge in [0.1, 0.15) is 5.78 Å². The molecule has 2 unspecified atom stereocenters. The van der Waals surface area contributed by atoms with Crippen molar-refractivity contribution in [2.45, 2.75) is 77.3 Å². The summed E-state index contributed by atoms with van der Waals surface area (Å²) in [4.78, 5) is 23.5. The maximum absolute atomic E-state index is 12.2. The zero-order valence-electron chi connectivity index (χ0n) is 14.8. The lowest BCUT2D eigenvalue weighted by molar-refractivity contribution is -0.123. The number of rotatable bonds is 14. The van der Waals surface area contributed by atoms with E-state index in [0.29, 0.717) is 12.8 Å². The second-order valence-corrected chi connectivity index (χ2v) is 6.10. The molecule has 5 nitrogen and oxygen atoms in total. The molecule has 0 aromatic rings. The van der Waals surface area contributed by atoms with Crippen LogP contribution in [0.4, 0.5) is 0 Å². The number of hydrogen-bond acceptors (Lipinski definition) is 4. The van der Waals surface area contributed by atoms with Crippen LogP contribution in [0.5, 0.6) is 0 Å². The van der Waals surface area contributed by atoms with E-state index in [1.807, 2.05) is 14.1 Å². The molecule has 0 aromatic heterocycles. The number of hydrogen-bond donors (Lipinski definition) is 3. The minimum absolute atomic E-state index is 0.00800. The largest absolute Gasteiger partial charge is 0.353 e. The van der Waals surface area contributed by atoms with Crippen molar-refractivity contribution >= 4 is 11.7 Å². The summed E-state index contributed by atoms with van der Waals surface area (Å²) in [6, 6.07) is 0.188. The number of unbranched alkanes of at least 4 members (excludes halogenated alkanes) is 2. The van der Waals surface area contributed by atoms with Crippen LogP contribution in [0.1, 0.15) is 65.2 Å². The van der Waals surface area contributed by atoms with Gasteiger partial charge in [-0.3, -0.25) is 9.59 Å². The summed E-state index contributed by atoms with van der Waals surface area (Å²) in [6.45, 7) is 4.71. The second kappa shape index (κ2) is 13.7. The fraction of sp³-hybridized carbons (Fsp3) is 0.882. The first-order chi connectivity index (χ1) is 10.5. The molecule has 22 heavy (non-hydrogen) atoms. The summed E-state index contributed by atoms with van der Waals surface area (Å²) in [5.41, 5.74) is 0. The zero-order valence-corrected chi connectivity index (χ0v) is 14.8. The summed E-state index contributed by atoms with van der Waals surface area (Å²) in [7, 11) is 3.83. The van der Waals surface area contributed by atoms with Crippen LogP contribution in [-0.2, 0) is 9.59 Å². The van der Waals surface area contributed by atoms with Gasteiger partial charge in [0, 0.05) is 24.9 Å². The highest BCUT2D eigenvalue weighted by molar-refractivity contribution is 5.79. The maximum Gasteiger partial charge on any atom is 0.221 e. The molecule has 0 bridgehead atoms. The van der Waals surface area contributed by atoms with Gasteiger partial charge in [0.2, 0.25) is 5.91 Å². The first-order valence-electron chi connectivity index (χ1n) is 8.64. The van der Waals surface area contributed by atoms with Crippen LogP contribution in [0.15, 0.2) is 0 Å². The van der Waals surface area contributed by atoms with Gasteiger partial charge in [-0.25, -0.2) is 0 Å². The SMILES string of the molecule is CCCCCC(CC(C)=O)NC(=O)CC(CCCNC)NC. The molecule has 0 spiro atoms. The Morgan fingerprint density at radius 3 is 2.18 bits per heavy atom.